The third-order valence-corrected chi connectivity index (χ3v) is 13.4. The highest BCUT2D eigenvalue weighted by molar-refractivity contribution is 7.25. The van der Waals surface area contributed by atoms with Crippen LogP contribution in [0.4, 0.5) is 17.1 Å². The summed E-state index contributed by atoms with van der Waals surface area (Å²) in [4.78, 5) is 2.36. The zero-order valence-electron chi connectivity index (χ0n) is 33.2. The zero-order chi connectivity index (χ0) is 40.3. The van der Waals surface area contributed by atoms with Gasteiger partial charge >= 0.3 is 0 Å². The minimum absolute atomic E-state index is 1.10. The van der Waals surface area contributed by atoms with Crippen molar-refractivity contribution in [1.82, 2.24) is 4.57 Å². The van der Waals surface area contributed by atoms with Crippen molar-refractivity contribution >= 4 is 81.1 Å². The molecule has 0 radical (unpaired) electrons. The molecular weight excluding hydrogens is 757 g/mol. The van der Waals surface area contributed by atoms with Gasteiger partial charge in [-0.05, 0) is 118 Å². The highest BCUT2D eigenvalue weighted by Gasteiger charge is 2.17. The standard InChI is InChI=1S/C58H38N2S/c1-2-11-39(12-3-1)40-21-29-46(30-22-40)59(48-33-25-42(26-34-48)45-28-36-58-53(38-45)51-17-7-9-20-57(51)61-58)47-31-23-41(24-32-47)44-27-35-56-52(37-44)50-16-6-8-18-55(50)60(56)54-19-10-14-43-13-4-5-15-49(43)54/h1-38H. The Bertz CT molecular complexity index is 3560. The van der Waals surface area contributed by atoms with Crippen molar-refractivity contribution in [2.24, 2.45) is 0 Å². The molecule has 0 unspecified atom stereocenters. The lowest BCUT2D eigenvalue weighted by molar-refractivity contribution is 1.20. The first kappa shape index (κ1) is 35.2. The summed E-state index contributed by atoms with van der Waals surface area (Å²) < 4.78 is 5.08. The maximum atomic E-state index is 2.43. The fourth-order valence-corrected chi connectivity index (χ4v) is 10.3. The van der Waals surface area contributed by atoms with E-state index in [4.69, 9.17) is 0 Å². The molecule has 0 aliphatic heterocycles. The predicted octanol–water partition coefficient (Wildman–Crippen LogP) is 16.8. The van der Waals surface area contributed by atoms with E-state index >= 15 is 0 Å². The molecule has 2 aromatic heterocycles. The van der Waals surface area contributed by atoms with Crippen LogP contribution in [-0.2, 0) is 0 Å². The van der Waals surface area contributed by atoms with Crippen LogP contribution in [0, 0.1) is 0 Å². The number of fused-ring (bicyclic) bond motifs is 7. The van der Waals surface area contributed by atoms with E-state index in [1.807, 2.05) is 11.3 Å². The summed E-state index contributed by atoms with van der Waals surface area (Å²) in [5.74, 6) is 0. The Morgan fingerprint density at radius 3 is 1.48 bits per heavy atom. The second kappa shape index (κ2) is 14.5. The van der Waals surface area contributed by atoms with Crippen molar-refractivity contribution in [3.8, 4) is 39.1 Å². The van der Waals surface area contributed by atoms with Crippen molar-refractivity contribution < 1.29 is 0 Å². The summed E-state index contributed by atoms with van der Waals surface area (Å²) in [5.41, 5.74) is 14.1. The van der Waals surface area contributed by atoms with Crippen LogP contribution >= 0.6 is 11.3 Å². The molecule has 0 aliphatic carbocycles. The number of thiophene rings is 1. The fraction of sp³-hybridized carbons (Fsp3) is 0. The number of benzene rings is 10. The van der Waals surface area contributed by atoms with E-state index in [1.54, 1.807) is 0 Å². The quantitative estimate of drug-likeness (QED) is 0.156. The van der Waals surface area contributed by atoms with Crippen molar-refractivity contribution in [2.45, 2.75) is 0 Å². The third kappa shape index (κ3) is 6.09. The number of hydrogen-bond donors (Lipinski definition) is 0. The minimum atomic E-state index is 1.10. The van der Waals surface area contributed by atoms with Crippen LogP contribution in [0.15, 0.2) is 231 Å². The average Bonchev–Trinajstić information content (AvgIpc) is 3.87. The molecular formula is C58H38N2S. The van der Waals surface area contributed by atoms with Gasteiger partial charge in [-0.25, -0.2) is 0 Å². The molecule has 0 amide bonds. The molecule has 0 atom stereocenters. The van der Waals surface area contributed by atoms with E-state index in [0.29, 0.717) is 0 Å². The van der Waals surface area contributed by atoms with E-state index in [1.165, 1.54) is 91.8 Å². The second-order valence-corrected chi connectivity index (χ2v) is 16.8. The van der Waals surface area contributed by atoms with Crippen LogP contribution in [-0.4, -0.2) is 4.57 Å². The lowest BCUT2D eigenvalue weighted by atomic mass is 10.0. The van der Waals surface area contributed by atoms with E-state index in [9.17, 15) is 0 Å². The number of nitrogens with zero attached hydrogens (tertiary/aromatic N) is 2. The lowest BCUT2D eigenvalue weighted by Crippen LogP contribution is -2.09. The Hall–Kier alpha value is -7.72. The molecule has 61 heavy (non-hydrogen) atoms. The van der Waals surface area contributed by atoms with Gasteiger partial charge in [0.15, 0.2) is 0 Å². The van der Waals surface area contributed by atoms with Crippen LogP contribution in [0.25, 0.3) is 91.8 Å². The predicted molar refractivity (Wildman–Crippen MR) is 262 cm³/mol. The number of aromatic nitrogens is 1. The number of hydrogen-bond acceptors (Lipinski definition) is 2. The minimum Gasteiger partial charge on any atom is -0.311 e. The number of rotatable bonds is 7. The van der Waals surface area contributed by atoms with E-state index in [-0.39, 0.29) is 0 Å². The zero-order valence-corrected chi connectivity index (χ0v) is 34.1. The van der Waals surface area contributed by atoms with Gasteiger partial charge in [-0.3, -0.25) is 0 Å². The second-order valence-electron chi connectivity index (χ2n) is 15.7. The Kier molecular flexibility index (Phi) is 8.39. The topological polar surface area (TPSA) is 8.17 Å². The summed E-state index contributed by atoms with van der Waals surface area (Å²) in [6.45, 7) is 0. The average molecular weight is 795 g/mol. The van der Waals surface area contributed by atoms with Crippen LogP contribution in [0.1, 0.15) is 0 Å². The van der Waals surface area contributed by atoms with Crippen molar-refractivity contribution in [2.75, 3.05) is 4.90 Å². The maximum Gasteiger partial charge on any atom is 0.0541 e. The molecule has 286 valence electrons. The summed E-state index contributed by atoms with van der Waals surface area (Å²) in [6, 6.07) is 84.1. The summed E-state index contributed by atoms with van der Waals surface area (Å²) in [5, 5.41) is 7.62. The Morgan fingerprint density at radius 1 is 0.295 bits per heavy atom. The first-order valence-electron chi connectivity index (χ1n) is 20.8. The van der Waals surface area contributed by atoms with E-state index < -0.39 is 0 Å². The largest absolute Gasteiger partial charge is 0.311 e. The lowest BCUT2D eigenvalue weighted by Gasteiger charge is -2.26. The van der Waals surface area contributed by atoms with Crippen LogP contribution < -0.4 is 4.90 Å². The number of anilines is 3. The SMILES string of the molecule is c1ccc(-c2ccc(N(c3ccc(-c4ccc5sc6ccccc6c5c4)cc3)c3ccc(-c4ccc5c(c4)c4ccccc4n5-c4cccc5ccccc45)cc3)cc2)cc1. The molecule has 0 spiro atoms. The van der Waals surface area contributed by atoms with Crippen molar-refractivity contribution in [1.29, 1.82) is 0 Å². The van der Waals surface area contributed by atoms with Crippen LogP contribution in [0.3, 0.4) is 0 Å². The maximum absolute atomic E-state index is 2.43. The van der Waals surface area contributed by atoms with Gasteiger partial charge in [0, 0.05) is 53.4 Å². The number of para-hydroxylation sites is 1. The summed E-state index contributed by atoms with van der Waals surface area (Å²) in [6.07, 6.45) is 0. The van der Waals surface area contributed by atoms with Crippen molar-refractivity contribution in [3.63, 3.8) is 0 Å². The van der Waals surface area contributed by atoms with Gasteiger partial charge in [0.2, 0.25) is 0 Å². The normalized spacial score (nSPS) is 11.6. The molecule has 0 bridgehead atoms. The molecule has 2 nitrogen and oxygen atoms in total. The van der Waals surface area contributed by atoms with Gasteiger partial charge in [0.25, 0.3) is 0 Å². The molecule has 0 saturated heterocycles. The van der Waals surface area contributed by atoms with Gasteiger partial charge in [0.1, 0.15) is 0 Å². The third-order valence-electron chi connectivity index (χ3n) is 12.2. The molecule has 12 aromatic rings. The van der Waals surface area contributed by atoms with Gasteiger partial charge in [-0.15, -0.1) is 11.3 Å². The molecule has 12 rings (SSSR count). The molecule has 10 aromatic carbocycles. The highest BCUT2D eigenvalue weighted by Crippen LogP contribution is 2.41. The van der Waals surface area contributed by atoms with E-state index in [2.05, 4.69) is 240 Å². The van der Waals surface area contributed by atoms with Crippen LogP contribution in [0.5, 0.6) is 0 Å². The monoisotopic (exact) mass is 794 g/mol. The van der Waals surface area contributed by atoms with Crippen LogP contribution in [0.2, 0.25) is 0 Å². The molecule has 3 heteroatoms. The van der Waals surface area contributed by atoms with Gasteiger partial charge in [-0.2, -0.15) is 0 Å². The van der Waals surface area contributed by atoms with Gasteiger partial charge in [-0.1, -0.05) is 152 Å². The molecule has 2 heterocycles. The smallest absolute Gasteiger partial charge is 0.0541 e. The first-order chi connectivity index (χ1) is 30.2. The highest BCUT2D eigenvalue weighted by atomic mass is 32.1. The molecule has 0 aliphatic rings. The van der Waals surface area contributed by atoms with Crippen molar-refractivity contribution in [3.05, 3.63) is 231 Å². The molecule has 0 saturated carbocycles. The molecule has 0 N–H and O–H groups in total. The summed E-state index contributed by atoms with van der Waals surface area (Å²) >= 11 is 1.86. The Balaban J connectivity index is 0.925. The summed E-state index contributed by atoms with van der Waals surface area (Å²) in [7, 11) is 0. The Morgan fingerprint density at radius 2 is 0.770 bits per heavy atom. The Labute approximate surface area is 358 Å². The van der Waals surface area contributed by atoms with Gasteiger partial charge < -0.3 is 9.47 Å². The van der Waals surface area contributed by atoms with E-state index in [0.717, 1.165) is 17.1 Å². The molecule has 0 fully saturated rings. The first-order valence-corrected chi connectivity index (χ1v) is 21.6. The van der Waals surface area contributed by atoms with Gasteiger partial charge in [0.05, 0.1) is 16.7 Å². The fourth-order valence-electron chi connectivity index (χ4n) is 9.21.